The van der Waals surface area contributed by atoms with Crippen LogP contribution in [-0.2, 0) is 4.74 Å². The predicted octanol–water partition coefficient (Wildman–Crippen LogP) is 13.6. The Morgan fingerprint density at radius 2 is 0.938 bits per heavy atom. The van der Waals surface area contributed by atoms with Gasteiger partial charge in [-0.1, -0.05) is 147 Å². The van der Waals surface area contributed by atoms with Crippen LogP contribution in [-0.4, -0.2) is 67.7 Å². The fourth-order valence-corrected chi connectivity index (χ4v) is 6.68. The van der Waals surface area contributed by atoms with Gasteiger partial charge in [-0.15, -0.1) is 0 Å². The maximum Gasteiger partial charge on any atom is 0.409 e. The van der Waals surface area contributed by atoms with Gasteiger partial charge in [-0.05, 0) is 90.5 Å². The van der Waals surface area contributed by atoms with Crippen molar-refractivity contribution in [3.05, 3.63) is 36.5 Å². The number of nitrogens with zero attached hydrogens (tertiary/aromatic N) is 2. The third-order valence-corrected chi connectivity index (χ3v) is 10.0. The van der Waals surface area contributed by atoms with Gasteiger partial charge in [0.2, 0.25) is 0 Å². The summed E-state index contributed by atoms with van der Waals surface area (Å²) < 4.78 is 5.61. The molecular formula is C43H82N2O2S. The molecule has 48 heavy (non-hydrogen) atoms. The van der Waals surface area contributed by atoms with Gasteiger partial charge in [0.05, 0.1) is 0 Å². The van der Waals surface area contributed by atoms with Crippen molar-refractivity contribution in [2.45, 2.75) is 181 Å². The second-order valence-corrected chi connectivity index (χ2v) is 15.3. The number of unbranched alkanes of at least 4 members (excludes halogenated alkanes) is 21. The molecule has 4 nitrogen and oxygen atoms in total. The summed E-state index contributed by atoms with van der Waals surface area (Å²) in [5, 5.41) is 0. The zero-order chi connectivity index (χ0) is 35.0. The number of hydrogen-bond acceptors (Lipinski definition) is 4. The number of carbonyl (C=O) groups is 1. The fourth-order valence-electron chi connectivity index (χ4n) is 5.72. The van der Waals surface area contributed by atoms with Crippen molar-refractivity contribution in [3.63, 3.8) is 0 Å². The van der Waals surface area contributed by atoms with E-state index in [1.165, 1.54) is 160 Å². The molecule has 0 radical (unpaired) electrons. The van der Waals surface area contributed by atoms with Crippen LogP contribution in [0, 0.1) is 0 Å². The Bertz CT molecular complexity index is 736. The van der Waals surface area contributed by atoms with E-state index in [2.05, 4.69) is 55.2 Å². The van der Waals surface area contributed by atoms with Gasteiger partial charge in [0.1, 0.15) is 6.61 Å². The Hall–Kier alpha value is -1.20. The van der Waals surface area contributed by atoms with Crippen molar-refractivity contribution in [3.8, 4) is 0 Å². The maximum atomic E-state index is 12.8. The summed E-state index contributed by atoms with van der Waals surface area (Å²) in [7, 11) is 4.03. The molecule has 0 aliphatic carbocycles. The van der Waals surface area contributed by atoms with Crippen molar-refractivity contribution in [2.24, 2.45) is 0 Å². The standard InChI is InChI=1S/C43H82N2O2S/c1-5-7-9-11-13-15-17-19-21-23-25-27-29-31-33-35-37-45(43(46)47-40-38-44(3)4)39-42-48-41-36-34-32-30-28-26-24-22-20-18-16-14-12-10-8-6-2/h13,15,19-22H,5-12,14,16-18,23-42H2,1-4H3/b15-13-,21-19-,22-20-. The second-order valence-electron chi connectivity index (χ2n) is 14.0. The average molecular weight is 691 g/mol. The molecule has 0 aromatic carbocycles. The van der Waals surface area contributed by atoms with E-state index >= 15 is 0 Å². The van der Waals surface area contributed by atoms with E-state index in [9.17, 15) is 4.79 Å². The summed E-state index contributed by atoms with van der Waals surface area (Å²) >= 11 is 2.00. The zero-order valence-corrected chi connectivity index (χ0v) is 33.5. The minimum Gasteiger partial charge on any atom is -0.448 e. The molecule has 0 aromatic rings. The van der Waals surface area contributed by atoms with Gasteiger partial charge >= 0.3 is 6.09 Å². The summed E-state index contributed by atoms with van der Waals surface area (Å²) in [6.07, 6.45) is 47.9. The smallest absolute Gasteiger partial charge is 0.409 e. The highest BCUT2D eigenvalue weighted by Crippen LogP contribution is 2.14. The average Bonchev–Trinajstić information content (AvgIpc) is 3.07. The molecule has 0 heterocycles. The number of ether oxygens (including phenoxy) is 1. The lowest BCUT2D eigenvalue weighted by Gasteiger charge is -2.22. The first-order valence-electron chi connectivity index (χ1n) is 20.7. The Morgan fingerprint density at radius 3 is 1.48 bits per heavy atom. The summed E-state index contributed by atoms with van der Waals surface area (Å²) in [6, 6.07) is 0. The SMILES string of the molecule is CCCCC/C=C\C/C=C\CCCCCCCCN(CCSCCCCCCCC/C=C\CCCCCCCC)C(=O)OCCN(C)C. The molecule has 0 atom stereocenters. The normalized spacial score (nSPS) is 12.0. The van der Waals surface area contributed by atoms with Gasteiger partial charge in [-0.25, -0.2) is 4.79 Å². The lowest BCUT2D eigenvalue weighted by atomic mass is 10.1. The van der Waals surface area contributed by atoms with Crippen molar-refractivity contribution in [1.82, 2.24) is 9.80 Å². The van der Waals surface area contributed by atoms with E-state index in [1.54, 1.807) is 0 Å². The summed E-state index contributed by atoms with van der Waals surface area (Å²) in [6.45, 7) is 7.41. The summed E-state index contributed by atoms with van der Waals surface area (Å²) in [5.41, 5.74) is 0. The van der Waals surface area contributed by atoms with Gasteiger partial charge in [0.15, 0.2) is 0 Å². The molecule has 1 amide bonds. The van der Waals surface area contributed by atoms with E-state index in [-0.39, 0.29) is 6.09 Å². The van der Waals surface area contributed by atoms with E-state index < -0.39 is 0 Å². The lowest BCUT2D eigenvalue weighted by molar-refractivity contribution is 0.0974. The number of thioether (sulfide) groups is 1. The van der Waals surface area contributed by atoms with Crippen molar-refractivity contribution < 1.29 is 9.53 Å². The Kier molecular flexibility index (Phi) is 39.2. The third-order valence-electron chi connectivity index (χ3n) is 8.96. The number of amides is 1. The minimum absolute atomic E-state index is 0.128. The number of hydrogen-bond donors (Lipinski definition) is 0. The molecule has 0 saturated carbocycles. The number of likely N-dealkylation sites (N-methyl/N-ethyl adjacent to an activating group) is 1. The molecule has 0 aliphatic rings. The van der Waals surface area contributed by atoms with Crippen molar-refractivity contribution in [2.75, 3.05) is 51.8 Å². The van der Waals surface area contributed by atoms with Crippen molar-refractivity contribution in [1.29, 1.82) is 0 Å². The molecule has 0 bridgehead atoms. The Morgan fingerprint density at radius 1 is 0.500 bits per heavy atom. The summed E-state index contributed by atoms with van der Waals surface area (Å²) in [5.74, 6) is 2.21. The Balaban J connectivity index is 3.88. The highest BCUT2D eigenvalue weighted by molar-refractivity contribution is 7.99. The quantitative estimate of drug-likeness (QED) is 0.0480. The molecule has 0 spiro atoms. The van der Waals surface area contributed by atoms with Crippen LogP contribution in [0.3, 0.4) is 0 Å². The molecule has 0 aromatic heterocycles. The van der Waals surface area contributed by atoms with Gasteiger partial charge in [0.25, 0.3) is 0 Å². The molecule has 282 valence electrons. The van der Waals surface area contributed by atoms with Gasteiger partial charge in [-0.3, -0.25) is 0 Å². The van der Waals surface area contributed by atoms with Crippen LogP contribution in [0.15, 0.2) is 36.5 Å². The molecule has 0 rings (SSSR count). The van der Waals surface area contributed by atoms with Crippen LogP contribution in [0.2, 0.25) is 0 Å². The van der Waals surface area contributed by atoms with E-state index in [0.29, 0.717) is 6.61 Å². The minimum atomic E-state index is -0.128. The van der Waals surface area contributed by atoms with Crippen LogP contribution in [0.25, 0.3) is 0 Å². The predicted molar refractivity (Wildman–Crippen MR) is 218 cm³/mol. The number of allylic oxidation sites excluding steroid dienone is 6. The first kappa shape index (κ1) is 46.8. The monoisotopic (exact) mass is 691 g/mol. The number of carbonyl (C=O) groups excluding carboxylic acids is 1. The van der Waals surface area contributed by atoms with Gasteiger partial charge in [-0.2, -0.15) is 11.8 Å². The molecule has 0 saturated heterocycles. The third kappa shape index (κ3) is 37.6. The molecule has 0 aliphatic heterocycles. The van der Waals surface area contributed by atoms with Gasteiger partial charge < -0.3 is 14.5 Å². The largest absolute Gasteiger partial charge is 0.448 e. The first-order chi connectivity index (χ1) is 23.6. The summed E-state index contributed by atoms with van der Waals surface area (Å²) in [4.78, 5) is 16.8. The van der Waals surface area contributed by atoms with E-state index in [0.717, 1.165) is 38.2 Å². The molecular weight excluding hydrogens is 609 g/mol. The van der Waals surface area contributed by atoms with E-state index in [4.69, 9.17) is 4.74 Å². The molecule has 5 heteroatoms. The van der Waals surface area contributed by atoms with Crippen LogP contribution in [0.5, 0.6) is 0 Å². The highest BCUT2D eigenvalue weighted by atomic mass is 32.2. The second kappa shape index (κ2) is 40.2. The van der Waals surface area contributed by atoms with Crippen LogP contribution < -0.4 is 0 Å². The van der Waals surface area contributed by atoms with E-state index in [1.807, 2.05) is 30.8 Å². The van der Waals surface area contributed by atoms with Gasteiger partial charge in [0, 0.05) is 25.4 Å². The zero-order valence-electron chi connectivity index (χ0n) is 32.7. The van der Waals surface area contributed by atoms with Crippen LogP contribution in [0.1, 0.15) is 181 Å². The lowest BCUT2D eigenvalue weighted by Crippen LogP contribution is -2.35. The first-order valence-corrected chi connectivity index (χ1v) is 21.9. The maximum absolute atomic E-state index is 12.8. The molecule has 0 N–H and O–H groups in total. The molecule has 0 fully saturated rings. The molecule has 0 unspecified atom stereocenters. The number of rotatable bonds is 37. The topological polar surface area (TPSA) is 32.8 Å². The Labute approximate surface area is 305 Å². The highest BCUT2D eigenvalue weighted by Gasteiger charge is 2.14. The van der Waals surface area contributed by atoms with Crippen LogP contribution in [0.4, 0.5) is 4.79 Å². The fraction of sp³-hybridized carbons (Fsp3) is 0.837. The van der Waals surface area contributed by atoms with Crippen molar-refractivity contribution >= 4 is 17.9 Å². The van der Waals surface area contributed by atoms with Crippen LogP contribution >= 0.6 is 11.8 Å².